The smallest absolute Gasteiger partial charge is 0.250 e. The molecule has 1 amide bonds. The third-order valence-corrected chi connectivity index (χ3v) is 3.63. The summed E-state index contributed by atoms with van der Waals surface area (Å²) in [5.41, 5.74) is 9.70. The van der Waals surface area contributed by atoms with Crippen molar-refractivity contribution in [1.82, 2.24) is 5.32 Å². The van der Waals surface area contributed by atoms with E-state index in [9.17, 15) is 9.18 Å². The first-order chi connectivity index (χ1) is 10.1. The fourth-order valence-corrected chi connectivity index (χ4v) is 2.53. The Balaban J connectivity index is 1.77. The van der Waals surface area contributed by atoms with E-state index >= 15 is 0 Å². The standard InChI is InChI=1S/C16H16FN3O/c17-13-3-4-15(14(6-13)16(18)21)20-7-10-1-2-11-8-19-9-12(11)5-10/h1-6,19-20H,7-9H2,(H2,18,21). The molecule has 0 saturated carbocycles. The van der Waals surface area contributed by atoms with Crippen LogP contribution in [-0.2, 0) is 19.6 Å². The molecule has 3 rings (SSSR count). The second-order valence-electron chi connectivity index (χ2n) is 5.11. The monoisotopic (exact) mass is 285 g/mol. The van der Waals surface area contributed by atoms with Crippen LogP contribution in [0, 0.1) is 5.82 Å². The van der Waals surface area contributed by atoms with Crippen molar-refractivity contribution in [2.75, 3.05) is 5.32 Å². The molecular formula is C16H16FN3O. The van der Waals surface area contributed by atoms with Gasteiger partial charge in [0.05, 0.1) is 5.56 Å². The first-order valence-electron chi connectivity index (χ1n) is 6.78. The number of hydrogen-bond acceptors (Lipinski definition) is 3. The highest BCUT2D eigenvalue weighted by atomic mass is 19.1. The topological polar surface area (TPSA) is 67.2 Å². The van der Waals surface area contributed by atoms with Crippen LogP contribution < -0.4 is 16.4 Å². The Hall–Kier alpha value is -2.40. The van der Waals surface area contributed by atoms with Crippen LogP contribution >= 0.6 is 0 Å². The fourth-order valence-electron chi connectivity index (χ4n) is 2.53. The second kappa shape index (κ2) is 5.54. The van der Waals surface area contributed by atoms with Gasteiger partial charge in [-0.25, -0.2) is 4.39 Å². The van der Waals surface area contributed by atoms with Crippen LogP contribution in [0.2, 0.25) is 0 Å². The molecule has 1 aliphatic rings. The molecule has 2 aromatic rings. The van der Waals surface area contributed by atoms with E-state index < -0.39 is 11.7 Å². The lowest BCUT2D eigenvalue weighted by Crippen LogP contribution is -2.14. The van der Waals surface area contributed by atoms with Gasteiger partial charge in [-0.05, 0) is 34.9 Å². The van der Waals surface area contributed by atoms with Crippen molar-refractivity contribution in [1.29, 1.82) is 0 Å². The lowest BCUT2D eigenvalue weighted by atomic mass is 10.1. The molecule has 1 aliphatic heterocycles. The Bertz CT molecular complexity index is 700. The third-order valence-electron chi connectivity index (χ3n) is 3.63. The van der Waals surface area contributed by atoms with Gasteiger partial charge in [-0.3, -0.25) is 4.79 Å². The van der Waals surface area contributed by atoms with Crippen LogP contribution in [-0.4, -0.2) is 5.91 Å². The average Bonchev–Trinajstić information content (AvgIpc) is 2.93. The van der Waals surface area contributed by atoms with Crippen molar-refractivity contribution in [3.63, 3.8) is 0 Å². The fraction of sp³-hybridized carbons (Fsp3) is 0.188. The first-order valence-corrected chi connectivity index (χ1v) is 6.78. The number of amides is 1. The molecule has 5 heteroatoms. The number of carbonyl (C=O) groups excluding carboxylic acids is 1. The number of halogens is 1. The summed E-state index contributed by atoms with van der Waals surface area (Å²) in [5.74, 6) is -1.12. The van der Waals surface area contributed by atoms with Crippen LogP contribution in [0.15, 0.2) is 36.4 Å². The minimum Gasteiger partial charge on any atom is -0.380 e. The van der Waals surface area contributed by atoms with Crippen LogP contribution in [0.1, 0.15) is 27.0 Å². The predicted octanol–water partition coefficient (Wildman–Crippen LogP) is 2.14. The molecule has 0 atom stereocenters. The van der Waals surface area contributed by atoms with Gasteiger partial charge in [0.15, 0.2) is 0 Å². The molecule has 1 heterocycles. The molecular weight excluding hydrogens is 269 g/mol. The van der Waals surface area contributed by atoms with E-state index in [-0.39, 0.29) is 5.56 Å². The Morgan fingerprint density at radius 2 is 2.00 bits per heavy atom. The van der Waals surface area contributed by atoms with Gasteiger partial charge in [0.2, 0.25) is 0 Å². The summed E-state index contributed by atoms with van der Waals surface area (Å²) >= 11 is 0. The van der Waals surface area contributed by atoms with Gasteiger partial charge >= 0.3 is 0 Å². The Morgan fingerprint density at radius 1 is 1.19 bits per heavy atom. The van der Waals surface area contributed by atoms with E-state index in [1.54, 1.807) is 0 Å². The highest BCUT2D eigenvalue weighted by Gasteiger charge is 2.11. The molecule has 0 aliphatic carbocycles. The Labute approximate surface area is 122 Å². The molecule has 4 N–H and O–H groups in total. The molecule has 108 valence electrons. The highest BCUT2D eigenvalue weighted by molar-refractivity contribution is 5.98. The van der Waals surface area contributed by atoms with Gasteiger partial charge in [0.25, 0.3) is 5.91 Å². The number of benzene rings is 2. The van der Waals surface area contributed by atoms with Crippen molar-refractivity contribution in [2.45, 2.75) is 19.6 Å². The summed E-state index contributed by atoms with van der Waals surface area (Å²) in [6.45, 7) is 2.35. The minimum atomic E-state index is -0.643. The number of fused-ring (bicyclic) bond motifs is 1. The van der Waals surface area contributed by atoms with Crippen molar-refractivity contribution in [3.05, 3.63) is 64.5 Å². The van der Waals surface area contributed by atoms with Crippen molar-refractivity contribution >= 4 is 11.6 Å². The number of rotatable bonds is 4. The molecule has 21 heavy (non-hydrogen) atoms. The maximum atomic E-state index is 13.2. The number of anilines is 1. The summed E-state index contributed by atoms with van der Waals surface area (Å²) < 4.78 is 13.2. The zero-order valence-corrected chi connectivity index (χ0v) is 11.4. The minimum absolute atomic E-state index is 0.165. The van der Waals surface area contributed by atoms with E-state index in [1.165, 1.54) is 23.3 Å². The third kappa shape index (κ3) is 2.87. The summed E-state index contributed by atoms with van der Waals surface area (Å²) in [5, 5.41) is 6.44. The molecule has 0 radical (unpaired) electrons. The molecule has 0 spiro atoms. The normalized spacial score (nSPS) is 13.0. The summed E-state index contributed by atoms with van der Waals surface area (Å²) in [7, 11) is 0. The maximum absolute atomic E-state index is 13.2. The van der Waals surface area contributed by atoms with Crippen LogP contribution in [0.5, 0.6) is 0 Å². The summed E-state index contributed by atoms with van der Waals surface area (Å²) in [6, 6.07) is 10.3. The Kier molecular flexibility index (Phi) is 3.58. The largest absolute Gasteiger partial charge is 0.380 e. The molecule has 2 aromatic carbocycles. The summed E-state index contributed by atoms with van der Waals surface area (Å²) in [6.07, 6.45) is 0. The predicted molar refractivity (Wildman–Crippen MR) is 79.2 cm³/mol. The lowest BCUT2D eigenvalue weighted by molar-refractivity contribution is 0.100. The molecule has 0 unspecified atom stereocenters. The highest BCUT2D eigenvalue weighted by Crippen LogP contribution is 2.20. The molecule has 4 nitrogen and oxygen atoms in total. The van der Waals surface area contributed by atoms with Crippen molar-refractivity contribution in [3.8, 4) is 0 Å². The quantitative estimate of drug-likeness (QED) is 0.806. The maximum Gasteiger partial charge on any atom is 0.250 e. The molecule has 0 aromatic heterocycles. The summed E-state index contributed by atoms with van der Waals surface area (Å²) in [4.78, 5) is 11.3. The average molecular weight is 285 g/mol. The SMILES string of the molecule is NC(=O)c1cc(F)ccc1NCc1ccc2c(c1)CNC2. The van der Waals surface area contributed by atoms with Gasteiger partial charge in [0, 0.05) is 25.3 Å². The van der Waals surface area contributed by atoms with Gasteiger partial charge in [-0.2, -0.15) is 0 Å². The first kappa shape index (κ1) is 13.6. The number of carbonyl (C=O) groups is 1. The van der Waals surface area contributed by atoms with Gasteiger partial charge in [-0.1, -0.05) is 18.2 Å². The van der Waals surface area contributed by atoms with E-state index in [4.69, 9.17) is 5.73 Å². The molecule has 0 fully saturated rings. The van der Waals surface area contributed by atoms with Gasteiger partial charge in [0.1, 0.15) is 5.82 Å². The number of primary amides is 1. The zero-order valence-electron chi connectivity index (χ0n) is 11.4. The van der Waals surface area contributed by atoms with E-state index in [1.807, 2.05) is 6.07 Å². The Morgan fingerprint density at radius 3 is 2.81 bits per heavy atom. The lowest BCUT2D eigenvalue weighted by Gasteiger charge is -2.11. The van der Waals surface area contributed by atoms with Gasteiger partial charge in [-0.15, -0.1) is 0 Å². The van der Waals surface area contributed by atoms with Crippen LogP contribution in [0.25, 0.3) is 0 Å². The van der Waals surface area contributed by atoms with Gasteiger partial charge < -0.3 is 16.4 Å². The van der Waals surface area contributed by atoms with E-state index in [0.717, 1.165) is 24.7 Å². The number of nitrogens with one attached hydrogen (secondary N) is 2. The van der Waals surface area contributed by atoms with Crippen LogP contribution in [0.4, 0.5) is 10.1 Å². The molecule has 0 saturated heterocycles. The number of nitrogens with two attached hydrogens (primary N) is 1. The van der Waals surface area contributed by atoms with Crippen molar-refractivity contribution in [2.24, 2.45) is 5.73 Å². The second-order valence-corrected chi connectivity index (χ2v) is 5.11. The van der Waals surface area contributed by atoms with E-state index in [0.29, 0.717) is 12.2 Å². The zero-order chi connectivity index (χ0) is 14.8. The molecule has 0 bridgehead atoms. The van der Waals surface area contributed by atoms with Crippen molar-refractivity contribution < 1.29 is 9.18 Å². The van der Waals surface area contributed by atoms with Crippen LogP contribution in [0.3, 0.4) is 0 Å². The van der Waals surface area contributed by atoms with E-state index in [2.05, 4.69) is 22.8 Å². The number of hydrogen-bond donors (Lipinski definition) is 3.